The molecule has 0 spiro atoms. The molecule has 0 saturated carbocycles. The number of rotatable bonds is 8. The van der Waals surface area contributed by atoms with Gasteiger partial charge >= 0.3 is 5.97 Å². The van der Waals surface area contributed by atoms with Crippen LogP contribution in [0.1, 0.15) is 37.3 Å². The lowest BCUT2D eigenvalue weighted by Crippen LogP contribution is -2.03. The summed E-state index contributed by atoms with van der Waals surface area (Å²) in [7, 11) is 0. The molecule has 0 aromatic heterocycles. The van der Waals surface area contributed by atoms with E-state index < -0.39 is 5.97 Å². The van der Waals surface area contributed by atoms with Gasteiger partial charge in [-0.3, -0.25) is 0 Å². The molecule has 3 nitrogen and oxygen atoms in total. The predicted octanol–water partition coefficient (Wildman–Crippen LogP) is 6.55. The Morgan fingerprint density at radius 3 is 2.33 bits per heavy atom. The van der Waals surface area contributed by atoms with Crippen molar-refractivity contribution < 1.29 is 19.0 Å². The van der Waals surface area contributed by atoms with Crippen LogP contribution in [-0.2, 0) is 11.2 Å². The van der Waals surface area contributed by atoms with Gasteiger partial charge in [0.05, 0.1) is 0 Å². The maximum atomic E-state index is 14.4. The topological polar surface area (TPSA) is 46.5 Å². The van der Waals surface area contributed by atoms with Crippen LogP contribution in [0.5, 0.6) is 11.5 Å². The SMILES string of the molecule is CCCCCc1ccc(-c2ccc(OC(=O)/C=C/c3ccc(O)cc3)cc2)cc1F. The second kappa shape index (κ2) is 10.4. The van der Waals surface area contributed by atoms with E-state index in [2.05, 4.69) is 6.92 Å². The van der Waals surface area contributed by atoms with E-state index >= 15 is 0 Å². The number of benzene rings is 3. The Balaban J connectivity index is 1.61. The minimum absolute atomic E-state index is 0.167. The van der Waals surface area contributed by atoms with Gasteiger partial charge in [0, 0.05) is 6.08 Å². The standard InChI is InChI=1S/C26H25FO3/c1-2-3-4-5-21-9-10-22(18-25(21)27)20-11-15-24(16-12-20)30-26(29)17-8-19-6-13-23(28)14-7-19/h6-18,28H,2-5H2,1H3/b17-8+. The van der Waals surface area contributed by atoms with Crippen molar-refractivity contribution in [1.29, 1.82) is 0 Å². The molecule has 3 rings (SSSR count). The van der Waals surface area contributed by atoms with Gasteiger partial charge in [0.1, 0.15) is 17.3 Å². The number of carbonyl (C=O) groups is 1. The van der Waals surface area contributed by atoms with Crippen LogP contribution in [0.25, 0.3) is 17.2 Å². The zero-order chi connectivity index (χ0) is 21.3. The van der Waals surface area contributed by atoms with Crippen molar-refractivity contribution in [2.75, 3.05) is 0 Å². The van der Waals surface area contributed by atoms with E-state index in [-0.39, 0.29) is 11.6 Å². The summed E-state index contributed by atoms with van der Waals surface area (Å²) in [4.78, 5) is 12.0. The maximum absolute atomic E-state index is 14.4. The number of halogens is 1. The van der Waals surface area contributed by atoms with E-state index in [9.17, 15) is 14.3 Å². The van der Waals surface area contributed by atoms with Gasteiger partial charge in [0.2, 0.25) is 0 Å². The zero-order valence-corrected chi connectivity index (χ0v) is 17.0. The van der Waals surface area contributed by atoms with E-state index in [4.69, 9.17) is 4.74 Å². The minimum atomic E-state index is -0.502. The molecule has 154 valence electrons. The van der Waals surface area contributed by atoms with Crippen LogP contribution < -0.4 is 4.74 Å². The minimum Gasteiger partial charge on any atom is -0.508 e. The molecule has 3 aromatic rings. The summed E-state index contributed by atoms with van der Waals surface area (Å²) in [5, 5.41) is 9.27. The molecule has 0 aliphatic heterocycles. The van der Waals surface area contributed by atoms with Gasteiger partial charge in [-0.1, -0.05) is 56.2 Å². The highest BCUT2D eigenvalue weighted by molar-refractivity contribution is 5.88. The number of unbranched alkanes of at least 4 members (excludes halogenated alkanes) is 2. The van der Waals surface area contributed by atoms with Gasteiger partial charge < -0.3 is 9.84 Å². The smallest absolute Gasteiger partial charge is 0.336 e. The number of hydrogen-bond acceptors (Lipinski definition) is 3. The molecule has 0 aliphatic rings. The number of esters is 1. The fraction of sp³-hybridized carbons (Fsp3) is 0.192. The molecular weight excluding hydrogens is 379 g/mol. The Kier molecular flexibility index (Phi) is 7.39. The molecule has 0 fully saturated rings. The molecule has 0 amide bonds. The Morgan fingerprint density at radius 1 is 0.967 bits per heavy atom. The normalized spacial score (nSPS) is 11.0. The highest BCUT2D eigenvalue weighted by atomic mass is 19.1. The van der Waals surface area contributed by atoms with Gasteiger partial charge in [0.25, 0.3) is 0 Å². The monoisotopic (exact) mass is 404 g/mol. The molecule has 0 saturated heterocycles. The highest BCUT2D eigenvalue weighted by Crippen LogP contribution is 2.25. The van der Waals surface area contributed by atoms with Gasteiger partial charge in [-0.2, -0.15) is 0 Å². The van der Waals surface area contributed by atoms with Crippen LogP contribution in [0.3, 0.4) is 0 Å². The first-order chi connectivity index (χ1) is 14.5. The first-order valence-corrected chi connectivity index (χ1v) is 10.1. The van der Waals surface area contributed by atoms with Crippen molar-refractivity contribution >= 4 is 12.0 Å². The Hall–Kier alpha value is -3.40. The largest absolute Gasteiger partial charge is 0.508 e. The van der Waals surface area contributed by atoms with Crippen molar-refractivity contribution in [2.45, 2.75) is 32.6 Å². The van der Waals surface area contributed by atoms with Crippen LogP contribution in [0.4, 0.5) is 4.39 Å². The van der Waals surface area contributed by atoms with Crippen molar-refractivity contribution in [3.05, 3.63) is 89.8 Å². The third-order valence-corrected chi connectivity index (χ3v) is 4.81. The summed E-state index contributed by atoms with van der Waals surface area (Å²) in [5.74, 6) is -0.103. The summed E-state index contributed by atoms with van der Waals surface area (Å²) in [6.07, 6.45) is 6.91. The number of aromatic hydroxyl groups is 1. The predicted molar refractivity (Wildman–Crippen MR) is 118 cm³/mol. The average molecular weight is 404 g/mol. The molecule has 30 heavy (non-hydrogen) atoms. The lowest BCUT2D eigenvalue weighted by atomic mass is 10.0. The molecule has 0 radical (unpaired) electrons. The Morgan fingerprint density at radius 2 is 1.67 bits per heavy atom. The van der Waals surface area contributed by atoms with Crippen LogP contribution in [-0.4, -0.2) is 11.1 Å². The molecule has 0 aliphatic carbocycles. The number of hydrogen-bond donors (Lipinski definition) is 1. The van der Waals surface area contributed by atoms with Crippen LogP contribution >= 0.6 is 0 Å². The number of phenols is 1. The second-order valence-corrected chi connectivity index (χ2v) is 7.13. The van der Waals surface area contributed by atoms with E-state index in [0.717, 1.165) is 47.9 Å². The molecule has 0 unspecified atom stereocenters. The van der Waals surface area contributed by atoms with Crippen molar-refractivity contribution in [1.82, 2.24) is 0 Å². The van der Waals surface area contributed by atoms with Crippen molar-refractivity contribution in [2.24, 2.45) is 0 Å². The third-order valence-electron chi connectivity index (χ3n) is 4.81. The maximum Gasteiger partial charge on any atom is 0.336 e. The van der Waals surface area contributed by atoms with E-state index in [1.165, 1.54) is 6.08 Å². The molecule has 0 bridgehead atoms. The van der Waals surface area contributed by atoms with Crippen LogP contribution in [0, 0.1) is 5.82 Å². The quantitative estimate of drug-likeness (QED) is 0.200. The summed E-state index contributed by atoms with van der Waals surface area (Å²) in [5.41, 5.74) is 3.17. The zero-order valence-electron chi connectivity index (χ0n) is 17.0. The Bertz CT molecular complexity index is 1010. The van der Waals surface area contributed by atoms with Crippen molar-refractivity contribution in [3.63, 3.8) is 0 Å². The van der Waals surface area contributed by atoms with E-state index in [1.807, 2.05) is 12.1 Å². The van der Waals surface area contributed by atoms with Crippen LogP contribution in [0.2, 0.25) is 0 Å². The molecule has 0 atom stereocenters. The van der Waals surface area contributed by atoms with Gasteiger partial charge in [-0.25, -0.2) is 9.18 Å². The van der Waals surface area contributed by atoms with E-state index in [1.54, 1.807) is 60.7 Å². The molecule has 1 N–H and O–H groups in total. The molecule has 4 heteroatoms. The van der Waals surface area contributed by atoms with Gasteiger partial charge in [-0.05, 0) is 71.5 Å². The molecule has 3 aromatic carbocycles. The first-order valence-electron chi connectivity index (χ1n) is 10.1. The third kappa shape index (κ3) is 6.05. The average Bonchev–Trinajstić information content (AvgIpc) is 2.75. The van der Waals surface area contributed by atoms with Gasteiger partial charge in [-0.15, -0.1) is 0 Å². The summed E-state index contributed by atoms with van der Waals surface area (Å²) >= 11 is 0. The highest BCUT2D eigenvalue weighted by Gasteiger charge is 2.07. The number of phenolic OH excluding ortho intramolecular Hbond substituents is 1. The summed E-state index contributed by atoms with van der Waals surface area (Å²) in [6.45, 7) is 2.13. The first kappa shape index (κ1) is 21.3. The summed E-state index contributed by atoms with van der Waals surface area (Å²) in [6, 6.07) is 18.8. The number of carbonyl (C=O) groups excluding carboxylic acids is 1. The Labute approximate surface area is 176 Å². The summed E-state index contributed by atoms with van der Waals surface area (Å²) < 4.78 is 19.7. The van der Waals surface area contributed by atoms with Gasteiger partial charge in [0.15, 0.2) is 0 Å². The fourth-order valence-electron chi connectivity index (χ4n) is 3.11. The second-order valence-electron chi connectivity index (χ2n) is 7.13. The fourth-order valence-corrected chi connectivity index (χ4v) is 3.11. The lowest BCUT2D eigenvalue weighted by Gasteiger charge is -2.08. The van der Waals surface area contributed by atoms with Crippen molar-refractivity contribution in [3.8, 4) is 22.6 Å². The molecule has 0 heterocycles. The molecular formula is C26H25FO3. The number of ether oxygens (including phenoxy) is 1. The number of aryl methyl sites for hydroxylation is 1. The lowest BCUT2D eigenvalue weighted by molar-refractivity contribution is -0.128. The van der Waals surface area contributed by atoms with Crippen LogP contribution in [0.15, 0.2) is 72.8 Å². The van der Waals surface area contributed by atoms with E-state index in [0.29, 0.717) is 5.75 Å².